The van der Waals surface area contributed by atoms with Crippen LogP contribution in [-0.2, 0) is 16.1 Å². The van der Waals surface area contributed by atoms with Crippen LogP contribution >= 0.6 is 11.8 Å². The first kappa shape index (κ1) is 25.3. The highest BCUT2D eigenvalue weighted by atomic mass is 32.2. The molecule has 4 rings (SSSR count). The minimum absolute atomic E-state index is 0.0632. The largest absolute Gasteiger partial charge is 0.379 e. The minimum atomic E-state index is -0.294. The maximum atomic E-state index is 13.5. The zero-order chi connectivity index (χ0) is 24.8. The fraction of sp³-hybridized carbons (Fsp3) is 0.423. The first-order valence-electron chi connectivity index (χ1n) is 11.9. The molecular formula is C26H32FN5O2S. The Bertz CT molecular complexity index is 1150. The highest BCUT2D eigenvalue weighted by Crippen LogP contribution is 2.25. The van der Waals surface area contributed by atoms with E-state index in [0.29, 0.717) is 17.5 Å². The van der Waals surface area contributed by atoms with Crippen molar-refractivity contribution in [1.82, 2.24) is 25.0 Å². The van der Waals surface area contributed by atoms with Crippen LogP contribution in [0.4, 0.5) is 4.39 Å². The zero-order valence-corrected chi connectivity index (χ0v) is 21.3. The van der Waals surface area contributed by atoms with Gasteiger partial charge in [0.15, 0.2) is 11.0 Å². The number of halogens is 1. The summed E-state index contributed by atoms with van der Waals surface area (Å²) in [6.45, 7) is 10.9. The molecule has 1 aromatic heterocycles. The Hall–Kier alpha value is -2.75. The van der Waals surface area contributed by atoms with Gasteiger partial charge >= 0.3 is 0 Å². The summed E-state index contributed by atoms with van der Waals surface area (Å²) in [6, 6.07) is 12.4. The summed E-state index contributed by atoms with van der Waals surface area (Å²) < 4.78 is 20.9. The Balaban J connectivity index is 1.44. The number of amides is 1. The van der Waals surface area contributed by atoms with Crippen molar-refractivity contribution in [3.8, 4) is 11.4 Å². The van der Waals surface area contributed by atoms with Gasteiger partial charge in [0.25, 0.3) is 0 Å². The van der Waals surface area contributed by atoms with Gasteiger partial charge in [-0.1, -0.05) is 30.0 Å². The first-order valence-corrected chi connectivity index (χ1v) is 12.9. The van der Waals surface area contributed by atoms with Crippen LogP contribution in [0.15, 0.2) is 47.6 Å². The molecule has 0 bridgehead atoms. The second kappa shape index (κ2) is 11.8. The molecule has 186 valence electrons. The lowest BCUT2D eigenvalue weighted by atomic mass is 10.0. The Morgan fingerprint density at radius 2 is 1.83 bits per heavy atom. The minimum Gasteiger partial charge on any atom is -0.379 e. The molecule has 7 nitrogen and oxygen atoms in total. The van der Waals surface area contributed by atoms with E-state index in [1.165, 1.54) is 35.0 Å². The predicted octanol–water partition coefficient (Wildman–Crippen LogP) is 4.00. The van der Waals surface area contributed by atoms with E-state index in [2.05, 4.69) is 52.5 Å². The lowest BCUT2D eigenvalue weighted by Gasteiger charge is -2.27. The van der Waals surface area contributed by atoms with E-state index in [-0.39, 0.29) is 23.5 Å². The van der Waals surface area contributed by atoms with Crippen LogP contribution in [-0.4, -0.2) is 64.2 Å². The molecule has 3 aromatic rings. The van der Waals surface area contributed by atoms with Crippen LogP contribution in [0.1, 0.15) is 29.7 Å². The van der Waals surface area contributed by atoms with E-state index < -0.39 is 0 Å². The number of morpholine rings is 1. The molecule has 1 saturated heterocycles. The van der Waals surface area contributed by atoms with Crippen molar-refractivity contribution in [2.75, 3.05) is 38.6 Å². The molecular weight excluding hydrogens is 465 g/mol. The van der Waals surface area contributed by atoms with E-state index in [4.69, 9.17) is 4.74 Å². The van der Waals surface area contributed by atoms with Crippen LogP contribution in [0.5, 0.6) is 0 Å². The summed E-state index contributed by atoms with van der Waals surface area (Å²) in [5.41, 5.74) is 4.31. The Labute approximate surface area is 210 Å². The van der Waals surface area contributed by atoms with Crippen molar-refractivity contribution < 1.29 is 13.9 Å². The summed E-state index contributed by atoms with van der Waals surface area (Å²) in [6.07, 6.45) is 0. The highest BCUT2D eigenvalue weighted by molar-refractivity contribution is 7.99. The molecule has 0 radical (unpaired) electrons. The number of carbonyl (C=O) groups excluding carboxylic acids is 1. The predicted molar refractivity (Wildman–Crippen MR) is 136 cm³/mol. The number of aromatic nitrogens is 3. The number of ether oxygens (including phenoxy) is 1. The zero-order valence-electron chi connectivity index (χ0n) is 20.5. The van der Waals surface area contributed by atoms with E-state index in [9.17, 15) is 9.18 Å². The van der Waals surface area contributed by atoms with Gasteiger partial charge < -0.3 is 14.6 Å². The maximum Gasteiger partial charge on any atom is 0.230 e. The second-order valence-corrected chi connectivity index (χ2v) is 9.78. The van der Waals surface area contributed by atoms with Crippen molar-refractivity contribution in [2.45, 2.75) is 38.5 Å². The van der Waals surface area contributed by atoms with Crippen molar-refractivity contribution in [3.05, 3.63) is 65.0 Å². The van der Waals surface area contributed by atoms with Crippen molar-refractivity contribution >= 4 is 17.7 Å². The Kier molecular flexibility index (Phi) is 8.54. The lowest BCUT2D eigenvalue weighted by Crippen LogP contribution is -2.38. The van der Waals surface area contributed by atoms with Gasteiger partial charge in [-0.25, -0.2) is 4.39 Å². The van der Waals surface area contributed by atoms with Crippen LogP contribution in [0.3, 0.4) is 0 Å². The molecule has 1 fully saturated rings. The molecule has 2 aromatic carbocycles. The van der Waals surface area contributed by atoms with Crippen molar-refractivity contribution in [3.63, 3.8) is 0 Å². The number of thioether (sulfide) groups is 1. The molecule has 0 aliphatic carbocycles. The average Bonchev–Trinajstić information content (AvgIpc) is 3.27. The summed E-state index contributed by atoms with van der Waals surface area (Å²) in [4.78, 5) is 15.1. The molecule has 1 atom stereocenters. The third-order valence-corrected chi connectivity index (χ3v) is 7.27. The molecule has 1 aliphatic heterocycles. The third kappa shape index (κ3) is 6.68. The van der Waals surface area contributed by atoms with E-state index in [0.717, 1.165) is 44.0 Å². The van der Waals surface area contributed by atoms with Gasteiger partial charge in [0.1, 0.15) is 5.82 Å². The average molecular weight is 498 g/mol. The van der Waals surface area contributed by atoms with E-state index >= 15 is 0 Å². The smallest absolute Gasteiger partial charge is 0.230 e. The Morgan fingerprint density at radius 3 is 2.54 bits per heavy atom. The summed E-state index contributed by atoms with van der Waals surface area (Å²) in [7, 11) is 0. The molecule has 2 heterocycles. The number of benzene rings is 2. The van der Waals surface area contributed by atoms with Crippen LogP contribution in [0.25, 0.3) is 11.4 Å². The lowest BCUT2D eigenvalue weighted by molar-refractivity contribution is -0.119. The fourth-order valence-electron chi connectivity index (χ4n) is 4.01. The normalized spacial score (nSPS) is 15.2. The molecule has 1 aliphatic rings. The SMILES string of the molecule is Cc1ccc(C(C)NC(=O)CSc2nnc(-c3ccc(F)cc3)n2CCN2CCOCC2)cc1C. The van der Waals surface area contributed by atoms with Gasteiger partial charge in [0.05, 0.1) is 25.0 Å². The summed E-state index contributed by atoms with van der Waals surface area (Å²) in [5, 5.41) is 12.5. The van der Waals surface area contributed by atoms with E-state index in [1.54, 1.807) is 12.1 Å². The standard InChI is InChI=1S/C26H32FN5O2S/c1-18-4-5-22(16-19(18)2)20(3)28-24(33)17-35-26-30-29-25(21-6-8-23(27)9-7-21)32(26)11-10-31-12-14-34-15-13-31/h4-9,16,20H,10-15,17H2,1-3H3,(H,28,33). The maximum absolute atomic E-state index is 13.5. The topological polar surface area (TPSA) is 72.3 Å². The van der Waals surface area contributed by atoms with Gasteiger partial charge in [-0.15, -0.1) is 10.2 Å². The number of carbonyl (C=O) groups is 1. The number of aryl methyl sites for hydroxylation is 2. The molecule has 35 heavy (non-hydrogen) atoms. The van der Waals surface area contributed by atoms with Crippen molar-refractivity contribution in [2.24, 2.45) is 0 Å². The molecule has 1 N–H and O–H groups in total. The van der Waals surface area contributed by atoms with Gasteiger partial charge in [-0.3, -0.25) is 9.69 Å². The van der Waals surface area contributed by atoms with Crippen molar-refractivity contribution in [1.29, 1.82) is 0 Å². The number of hydrogen-bond donors (Lipinski definition) is 1. The Morgan fingerprint density at radius 1 is 1.09 bits per heavy atom. The van der Waals surface area contributed by atoms with Crippen LogP contribution < -0.4 is 5.32 Å². The third-order valence-electron chi connectivity index (χ3n) is 6.30. The van der Waals surface area contributed by atoms with Gasteiger partial charge in [0.2, 0.25) is 5.91 Å². The molecule has 9 heteroatoms. The monoisotopic (exact) mass is 497 g/mol. The van der Waals surface area contributed by atoms with E-state index in [1.807, 2.05) is 11.5 Å². The molecule has 0 spiro atoms. The summed E-state index contributed by atoms with van der Waals surface area (Å²) in [5.74, 6) is 0.544. The fourth-order valence-corrected chi connectivity index (χ4v) is 4.78. The van der Waals surface area contributed by atoms with Gasteiger partial charge in [0, 0.05) is 31.7 Å². The number of hydrogen-bond acceptors (Lipinski definition) is 6. The van der Waals surface area contributed by atoms with Gasteiger partial charge in [-0.2, -0.15) is 0 Å². The van der Waals surface area contributed by atoms with Crippen LogP contribution in [0, 0.1) is 19.7 Å². The quantitative estimate of drug-likeness (QED) is 0.451. The van der Waals surface area contributed by atoms with Gasteiger partial charge in [-0.05, 0) is 61.7 Å². The molecule has 1 unspecified atom stereocenters. The second-order valence-electron chi connectivity index (χ2n) is 8.84. The summed E-state index contributed by atoms with van der Waals surface area (Å²) >= 11 is 1.36. The van der Waals surface area contributed by atoms with Crippen LogP contribution in [0.2, 0.25) is 0 Å². The first-order chi connectivity index (χ1) is 16.9. The number of nitrogens with one attached hydrogen (secondary N) is 1. The highest BCUT2D eigenvalue weighted by Gasteiger charge is 2.19. The number of nitrogens with zero attached hydrogens (tertiary/aromatic N) is 4. The number of rotatable bonds is 9. The molecule has 1 amide bonds. The molecule has 0 saturated carbocycles.